The number of allylic oxidation sites excluding steroid dienone is 1. The third-order valence-corrected chi connectivity index (χ3v) is 4.32. The largest absolute Gasteiger partial charge is 0.573 e. The SMILES string of the molecule is CC1(C)C(C=C(Cl)Cl)C1Cc1cc(F)cc(OC(F)(F)F)c1. The van der Waals surface area contributed by atoms with Gasteiger partial charge in [0.15, 0.2) is 0 Å². The molecule has 0 radical (unpaired) electrons. The molecular formula is C15H14Cl2F4O. The molecule has 0 saturated heterocycles. The van der Waals surface area contributed by atoms with Gasteiger partial charge < -0.3 is 4.74 Å². The number of hydrogen-bond donors (Lipinski definition) is 0. The van der Waals surface area contributed by atoms with Gasteiger partial charge in [0, 0.05) is 6.07 Å². The zero-order valence-corrected chi connectivity index (χ0v) is 13.4. The fourth-order valence-electron chi connectivity index (χ4n) is 2.83. The molecule has 0 N–H and O–H groups in total. The minimum absolute atomic E-state index is 0.0909. The molecule has 2 unspecified atom stereocenters. The van der Waals surface area contributed by atoms with Crippen LogP contribution in [-0.4, -0.2) is 6.36 Å². The smallest absolute Gasteiger partial charge is 0.406 e. The molecule has 1 aromatic rings. The van der Waals surface area contributed by atoms with Crippen molar-refractivity contribution in [2.45, 2.75) is 26.6 Å². The Morgan fingerprint density at radius 2 is 1.91 bits per heavy atom. The van der Waals surface area contributed by atoms with Crippen molar-refractivity contribution in [1.82, 2.24) is 0 Å². The van der Waals surface area contributed by atoms with Gasteiger partial charge in [-0.1, -0.05) is 43.1 Å². The number of alkyl halides is 3. The highest BCUT2D eigenvalue weighted by molar-refractivity contribution is 6.55. The number of ether oxygens (including phenoxy) is 1. The Morgan fingerprint density at radius 1 is 1.27 bits per heavy atom. The molecule has 0 heterocycles. The van der Waals surface area contributed by atoms with Gasteiger partial charge in [-0.05, 0) is 41.4 Å². The molecule has 0 spiro atoms. The Bertz CT molecular complexity index is 592. The first-order valence-electron chi connectivity index (χ1n) is 6.57. The van der Waals surface area contributed by atoms with Gasteiger partial charge in [-0.3, -0.25) is 0 Å². The summed E-state index contributed by atoms with van der Waals surface area (Å²) in [5, 5.41) is 0. The lowest BCUT2D eigenvalue weighted by atomic mass is 10.0. The van der Waals surface area contributed by atoms with Gasteiger partial charge in [0.25, 0.3) is 0 Å². The first kappa shape index (κ1) is 17.4. The third-order valence-electron chi connectivity index (χ3n) is 4.06. The molecule has 1 fully saturated rings. The summed E-state index contributed by atoms with van der Waals surface area (Å²) < 4.78 is 54.1. The molecule has 1 nitrogen and oxygen atoms in total. The van der Waals surface area contributed by atoms with E-state index in [1.165, 1.54) is 12.1 Å². The van der Waals surface area contributed by atoms with Crippen LogP contribution in [-0.2, 0) is 6.42 Å². The summed E-state index contributed by atoms with van der Waals surface area (Å²) in [5.74, 6) is -1.09. The molecule has 1 saturated carbocycles. The van der Waals surface area contributed by atoms with Crippen molar-refractivity contribution in [2.24, 2.45) is 17.3 Å². The van der Waals surface area contributed by atoms with Crippen LogP contribution in [0.4, 0.5) is 17.6 Å². The second kappa shape index (κ2) is 5.93. The van der Waals surface area contributed by atoms with Gasteiger partial charge in [-0.15, -0.1) is 13.2 Å². The van der Waals surface area contributed by atoms with E-state index < -0.39 is 17.9 Å². The van der Waals surface area contributed by atoms with Gasteiger partial charge in [-0.2, -0.15) is 0 Å². The van der Waals surface area contributed by atoms with Gasteiger partial charge in [0.05, 0.1) is 0 Å². The van der Waals surface area contributed by atoms with E-state index in [2.05, 4.69) is 4.74 Å². The number of benzene rings is 1. The lowest BCUT2D eigenvalue weighted by Gasteiger charge is -2.11. The number of rotatable bonds is 4. The topological polar surface area (TPSA) is 9.23 Å². The summed E-state index contributed by atoms with van der Waals surface area (Å²) >= 11 is 11.3. The summed E-state index contributed by atoms with van der Waals surface area (Å²) in [6, 6.07) is 3.12. The van der Waals surface area contributed by atoms with Crippen molar-refractivity contribution in [2.75, 3.05) is 0 Å². The maximum absolute atomic E-state index is 13.5. The molecule has 2 rings (SSSR count). The molecule has 0 bridgehead atoms. The molecule has 1 aliphatic rings. The van der Waals surface area contributed by atoms with Crippen molar-refractivity contribution in [1.29, 1.82) is 0 Å². The van der Waals surface area contributed by atoms with E-state index in [-0.39, 0.29) is 21.7 Å². The fourth-order valence-corrected chi connectivity index (χ4v) is 3.10. The number of hydrogen-bond acceptors (Lipinski definition) is 1. The second-order valence-electron chi connectivity index (χ2n) is 5.96. The number of halogens is 6. The Hall–Kier alpha value is -0.940. The van der Waals surface area contributed by atoms with Crippen LogP contribution in [0.3, 0.4) is 0 Å². The summed E-state index contributed by atoms with van der Waals surface area (Å²) in [5.41, 5.74) is 0.353. The molecule has 1 aliphatic carbocycles. The zero-order chi connectivity index (χ0) is 16.7. The normalized spacial score (nSPS) is 23.1. The monoisotopic (exact) mass is 356 g/mol. The highest BCUT2D eigenvalue weighted by Gasteiger charge is 2.55. The zero-order valence-electron chi connectivity index (χ0n) is 11.8. The summed E-state index contributed by atoms with van der Waals surface area (Å²) in [6.07, 6.45) is -2.72. The Labute approximate surface area is 135 Å². The molecule has 7 heteroatoms. The first-order valence-corrected chi connectivity index (χ1v) is 7.32. The predicted octanol–water partition coefficient (Wildman–Crippen LogP) is 5.86. The van der Waals surface area contributed by atoms with Crippen LogP contribution in [0, 0.1) is 23.1 Å². The lowest BCUT2D eigenvalue weighted by molar-refractivity contribution is -0.274. The Balaban J connectivity index is 2.16. The van der Waals surface area contributed by atoms with Crippen LogP contribution < -0.4 is 4.74 Å². The van der Waals surface area contributed by atoms with E-state index in [0.29, 0.717) is 18.1 Å². The van der Waals surface area contributed by atoms with E-state index in [1.54, 1.807) is 6.08 Å². The lowest BCUT2D eigenvalue weighted by Crippen LogP contribution is -2.17. The van der Waals surface area contributed by atoms with Crippen LogP contribution in [0.15, 0.2) is 28.8 Å². The van der Waals surface area contributed by atoms with Gasteiger partial charge in [0.1, 0.15) is 16.1 Å². The van der Waals surface area contributed by atoms with E-state index in [4.69, 9.17) is 23.2 Å². The fraction of sp³-hybridized carbons (Fsp3) is 0.467. The average Bonchev–Trinajstić information content (AvgIpc) is 2.76. The van der Waals surface area contributed by atoms with Crippen LogP contribution in [0.1, 0.15) is 19.4 Å². The highest BCUT2D eigenvalue weighted by atomic mass is 35.5. The quantitative estimate of drug-likeness (QED) is 0.614. The summed E-state index contributed by atoms with van der Waals surface area (Å²) in [6.45, 7) is 4.00. The molecule has 0 aliphatic heterocycles. The van der Waals surface area contributed by atoms with Crippen LogP contribution in [0.25, 0.3) is 0 Å². The van der Waals surface area contributed by atoms with E-state index in [0.717, 1.165) is 0 Å². The van der Waals surface area contributed by atoms with Crippen molar-refractivity contribution < 1.29 is 22.3 Å². The van der Waals surface area contributed by atoms with E-state index in [9.17, 15) is 17.6 Å². The summed E-state index contributed by atoms with van der Waals surface area (Å²) in [7, 11) is 0. The van der Waals surface area contributed by atoms with E-state index in [1.807, 2.05) is 13.8 Å². The Kier molecular flexibility index (Phi) is 4.69. The minimum atomic E-state index is -4.85. The molecule has 1 aromatic carbocycles. The molecule has 0 amide bonds. The molecule has 2 atom stereocenters. The Morgan fingerprint density at radius 3 is 2.45 bits per heavy atom. The van der Waals surface area contributed by atoms with Gasteiger partial charge in [-0.25, -0.2) is 4.39 Å². The van der Waals surface area contributed by atoms with Crippen molar-refractivity contribution >= 4 is 23.2 Å². The molecule has 22 heavy (non-hydrogen) atoms. The average molecular weight is 357 g/mol. The minimum Gasteiger partial charge on any atom is -0.406 e. The maximum Gasteiger partial charge on any atom is 0.573 e. The first-order chi connectivity index (χ1) is 9.99. The third kappa shape index (κ3) is 4.29. The van der Waals surface area contributed by atoms with Gasteiger partial charge >= 0.3 is 6.36 Å². The standard InChI is InChI=1S/C15H14Cl2F4O/c1-14(2)11(12(14)7-13(16)17)5-8-3-9(18)6-10(4-8)22-15(19,20)21/h3-4,6-7,11-12H,5H2,1-2H3. The second-order valence-corrected chi connectivity index (χ2v) is 6.96. The van der Waals surface area contributed by atoms with Crippen molar-refractivity contribution in [3.05, 3.63) is 40.1 Å². The summed E-state index contributed by atoms with van der Waals surface area (Å²) in [4.78, 5) is 0. The van der Waals surface area contributed by atoms with Crippen molar-refractivity contribution in [3.63, 3.8) is 0 Å². The van der Waals surface area contributed by atoms with Crippen molar-refractivity contribution in [3.8, 4) is 5.75 Å². The maximum atomic E-state index is 13.5. The van der Waals surface area contributed by atoms with Crippen LogP contribution in [0.5, 0.6) is 5.75 Å². The molecule has 0 aromatic heterocycles. The van der Waals surface area contributed by atoms with Crippen LogP contribution in [0.2, 0.25) is 0 Å². The highest BCUT2D eigenvalue weighted by Crippen LogP contribution is 2.61. The predicted molar refractivity (Wildman–Crippen MR) is 77.3 cm³/mol. The van der Waals surface area contributed by atoms with Crippen LogP contribution >= 0.6 is 23.2 Å². The van der Waals surface area contributed by atoms with E-state index >= 15 is 0 Å². The molecular weight excluding hydrogens is 343 g/mol. The van der Waals surface area contributed by atoms with Gasteiger partial charge in [0.2, 0.25) is 0 Å². The molecule has 122 valence electrons.